The van der Waals surface area contributed by atoms with Gasteiger partial charge in [0.25, 0.3) is 0 Å². The number of rotatable bonds is 3. The number of nitrogens with zero attached hydrogens (tertiary/aromatic N) is 1. The predicted molar refractivity (Wildman–Crippen MR) is 160 cm³/mol. The molecule has 4 nitrogen and oxygen atoms in total. The van der Waals surface area contributed by atoms with Crippen LogP contribution in [0.4, 0.5) is 11.4 Å². The van der Waals surface area contributed by atoms with Gasteiger partial charge in [-0.2, -0.15) is 0 Å². The largest absolute Gasteiger partial charge is 0.469 e. The van der Waals surface area contributed by atoms with Gasteiger partial charge < -0.3 is 14.8 Å². The van der Waals surface area contributed by atoms with Gasteiger partial charge >= 0.3 is 13.0 Å². The van der Waals surface area contributed by atoms with Crippen LogP contribution in [0.3, 0.4) is 0 Å². The summed E-state index contributed by atoms with van der Waals surface area (Å²) in [6.45, 7) is 16.2. The summed E-state index contributed by atoms with van der Waals surface area (Å²) >= 11 is 0. The molecule has 0 fully saturated rings. The molecule has 3 aromatic rings. The van der Waals surface area contributed by atoms with Crippen LogP contribution in [0.2, 0.25) is 19.6 Å². The maximum atomic E-state index is 12.7. The molecule has 0 saturated carbocycles. The van der Waals surface area contributed by atoms with E-state index in [1.165, 1.54) is 56.8 Å². The minimum atomic E-state index is -1.50. The van der Waals surface area contributed by atoms with Crippen LogP contribution in [0, 0.1) is 37.7 Å². The second-order valence-electron chi connectivity index (χ2n) is 12.1. The van der Waals surface area contributed by atoms with Crippen molar-refractivity contribution in [2.45, 2.75) is 60.2 Å². The number of benzene rings is 3. The fourth-order valence-corrected chi connectivity index (χ4v) is 6.90. The molecule has 0 radical (unpaired) electrons. The molecule has 3 aromatic carbocycles. The van der Waals surface area contributed by atoms with Crippen LogP contribution >= 0.6 is 0 Å². The van der Waals surface area contributed by atoms with E-state index in [1.54, 1.807) is 0 Å². The first-order chi connectivity index (χ1) is 17.4. The molecule has 5 rings (SSSR count). The van der Waals surface area contributed by atoms with E-state index in [4.69, 9.17) is 4.74 Å². The predicted octanol–water partition coefficient (Wildman–Crippen LogP) is 5.55. The van der Waals surface area contributed by atoms with Crippen molar-refractivity contribution in [3.05, 3.63) is 64.2 Å². The van der Waals surface area contributed by atoms with Gasteiger partial charge in [-0.05, 0) is 91.3 Å². The molecule has 6 heteroatoms. The summed E-state index contributed by atoms with van der Waals surface area (Å²) in [5.41, 5.74) is 13.2. The van der Waals surface area contributed by atoms with Crippen LogP contribution in [0.25, 0.3) is 10.8 Å². The zero-order valence-electron chi connectivity index (χ0n) is 23.4. The van der Waals surface area contributed by atoms with Crippen LogP contribution in [0.1, 0.15) is 34.7 Å². The Bertz CT molecular complexity index is 1490. The second kappa shape index (κ2) is 8.99. The van der Waals surface area contributed by atoms with Gasteiger partial charge in [0.05, 0.1) is 19.1 Å². The van der Waals surface area contributed by atoms with E-state index in [0.717, 1.165) is 12.1 Å². The van der Waals surface area contributed by atoms with Gasteiger partial charge in [0.1, 0.15) is 8.07 Å². The number of esters is 1. The lowest BCUT2D eigenvalue weighted by Gasteiger charge is -2.38. The maximum Gasteiger partial charge on any atom is 0.410 e. The number of carbonyl (C=O) groups excluding carboxylic acids is 1. The minimum Gasteiger partial charge on any atom is -0.469 e. The van der Waals surface area contributed by atoms with E-state index in [9.17, 15) is 4.79 Å². The summed E-state index contributed by atoms with van der Waals surface area (Å²) in [6.07, 6.45) is 1.44. The van der Waals surface area contributed by atoms with Crippen LogP contribution in [-0.4, -0.2) is 34.7 Å². The minimum absolute atomic E-state index is 0.0505. The molecule has 1 atom stereocenters. The average Bonchev–Trinajstić information content (AvgIpc) is 3.23. The third kappa shape index (κ3) is 4.24. The lowest BCUT2D eigenvalue weighted by atomic mass is 9.59. The molecular formula is C31H37BN2O2Si. The van der Waals surface area contributed by atoms with Crippen molar-refractivity contribution in [3.8, 4) is 11.5 Å². The van der Waals surface area contributed by atoms with Gasteiger partial charge in [-0.3, -0.25) is 4.79 Å². The van der Waals surface area contributed by atoms with E-state index >= 15 is 0 Å². The number of nitrogens with one attached hydrogen (secondary N) is 1. The Morgan fingerprint density at radius 1 is 1.05 bits per heavy atom. The lowest BCUT2D eigenvalue weighted by Crippen LogP contribution is -2.58. The SMILES string of the molecule is COC(=O)C1(C)Cc2c(C)c(C)c(B3Nc4cccc5cccc(c45)N3CC#C[Si](C)(C)C)c(C)c2C1. The number of methoxy groups -OCH3 is 1. The monoisotopic (exact) mass is 508 g/mol. The number of anilines is 2. The molecule has 190 valence electrons. The Hall–Kier alpha value is -3.17. The fraction of sp³-hybridized carbons (Fsp3) is 0.387. The molecule has 2 aliphatic rings. The number of carbonyl (C=O) groups is 1. The summed E-state index contributed by atoms with van der Waals surface area (Å²) < 4.78 is 5.21. The van der Waals surface area contributed by atoms with E-state index < -0.39 is 13.5 Å². The Kier molecular flexibility index (Phi) is 6.19. The lowest BCUT2D eigenvalue weighted by molar-refractivity contribution is -0.151. The molecular weight excluding hydrogens is 471 g/mol. The summed E-state index contributed by atoms with van der Waals surface area (Å²) in [6, 6.07) is 13.1. The zero-order chi connectivity index (χ0) is 26.7. The van der Waals surface area contributed by atoms with Crippen LogP contribution in [0.15, 0.2) is 36.4 Å². The summed E-state index contributed by atoms with van der Waals surface area (Å²) in [7, 11) is -0.00817. The molecule has 37 heavy (non-hydrogen) atoms. The Labute approximate surface area is 222 Å². The van der Waals surface area contributed by atoms with Crippen molar-refractivity contribution in [3.63, 3.8) is 0 Å². The highest BCUT2D eigenvalue weighted by atomic mass is 28.3. The third-order valence-electron chi connectivity index (χ3n) is 8.23. The maximum absolute atomic E-state index is 12.7. The molecule has 0 saturated heterocycles. The molecule has 1 unspecified atom stereocenters. The van der Waals surface area contributed by atoms with Gasteiger partial charge in [0.2, 0.25) is 0 Å². The topological polar surface area (TPSA) is 41.6 Å². The number of ether oxygens (including phenoxy) is 1. The van der Waals surface area contributed by atoms with Crippen molar-refractivity contribution in [2.75, 3.05) is 23.7 Å². The molecule has 1 aliphatic heterocycles. The average molecular weight is 509 g/mol. The quantitative estimate of drug-likeness (QED) is 0.286. The molecule has 0 spiro atoms. The number of fused-ring (bicyclic) bond motifs is 1. The van der Waals surface area contributed by atoms with Crippen LogP contribution in [-0.2, 0) is 22.4 Å². The highest BCUT2D eigenvalue weighted by Gasteiger charge is 2.44. The van der Waals surface area contributed by atoms with Gasteiger partial charge in [0.15, 0.2) is 0 Å². The van der Waals surface area contributed by atoms with Crippen molar-refractivity contribution >= 4 is 48.6 Å². The van der Waals surface area contributed by atoms with Gasteiger partial charge in [-0.25, -0.2) is 0 Å². The van der Waals surface area contributed by atoms with E-state index in [2.05, 4.69) is 98.3 Å². The number of hydrogen-bond donors (Lipinski definition) is 1. The summed E-state index contributed by atoms with van der Waals surface area (Å²) in [5, 5.41) is 6.39. The molecule has 0 bridgehead atoms. The van der Waals surface area contributed by atoms with Gasteiger partial charge in [0, 0.05) is 16.8 Å². The first-order valence-corrected chi connectivity index (χ1v) is 16.7. The fourth-order valence-electron chi connectivity index (χ4n) is 6.29. The Morgan fingerprint density at radius 2 is 1.70 bits per heavy atom. The highest BCUT2D eigenvalue weighted by molar-refractivity contribution is 6.84. The Balaban J connectivity index is 1.68. The normalized spacial score (nSPS) is 18.3. The number of hydrogen-bond acceptors (Lipinski definition) is 4. The standard InChI is InChI=1S/C31H37BN2O2Si/c1-20-21(2)29(22(3)25-19-31(4,18-24(20)25)30(35)36-5)32-33-26-14-9-12-23-13-10-15-27(28(23)26)34(32)16-11-17-37(6,7)8/h9-10,12-15,33H,16,18-19H2,1-8H3. The first-order valence-electron chi connectivity index (χ1n) is 13.2. The van der Waals surface area contributed by atoms with Crippen molar-refractivity contribution in [1.82, 2.24) is 0 Å². The van der Waals surface area contributed by atoms with E-state index in [1.807, 2.05) is 6.92 Å². The Morgan fingerprint density at radius 3 is 2.35 bits per heavy atom. The zero-order valence-corrected chi connectivity index (χ0v) is 24.4. The van der Waals surface area contributed by atoms with E-state index in [0.29, 0.717) is 13.0 Å². The van der Waals surface area contributed by atoms with Crippen molar-refractivity contribution in [1.29, 1.82) is 0 Å². The van der Waals surface area contributed by atoms with Crippen molar-refractivity contribution in [2.24, 2.45) is 5.41 Å². The van der Waals surface area contributed by atoms with E-state index in [-0.39, 0.29) is 13.0 Å². The molecule has 0 aromatic heterocycles. The molecule has 1 heterocycles. The second-order valence-corrected chi connectivity index (χ2v) is 16.8. The van der Waals surface area contributed by atoms with Crippen LogP contribution in [0.5, 0.6) is 0 Å². The highest BCUT2D eigenvalue weighted by Crippen LogP contribution is 2.42. The van der Waals surface area contributed by atoms with Gasteiger partial charge in [-0.15, -0.1) is 5.54 Å². The molecule has 1 N–H and O–H groups in total. The summed E-state index contributed by atoms with van der Waals surface area (Å²) in [5.74, 6) is 3.42. The van der Waals surface area contributed by atoms with Crippen molar-refractivity contribution < 1.29 is 9.53 Å². The summed E-state index contributed by atoms with van der Waals surface area (Å²) in [4.78, 5) is 15.2. The smallest absolute Gasteiger partial charge is 0.410 e. The third-order valence-corrected chi connectivity index (χ3v) is 9.16. The molecule has 0 amide bonds. The first kappa shape index (κ1) is 25.5. The van der Waals surface area contributed by atoms with Gasteiger partial charge in [-0.1, -0.05) is 49.8 Å². The van der Waals surface area contributed by atoms with Crippen LogP contribution < -0.4 is 15.5 Å². The molecule has 1 aliphatic carbocycles.